The summed E-state index contributed by atoms with van der Waals surface area (Å²) < 4.78 is 11.0. The summed E-state index contributed by atoms with van der Waals surface area (Å²) in [5, 5.41) is 4.35. The summed E-state index contributed by atoms with van der Waals surface area (Å²) >= 11 is 1.87. The number of pyridine rings is 1. The Morgan fingerprint density at radius 2 is 1.69 bits per heavy atom. The Bertz CT molecular complexity index is 1110. The summed E-state index contributed by atoms with van der Waals surface area (Å²) in [5.74, 6) is 3.54. The molecule has 1 saturated heterocycles. The van der Waals surface area contributed by atoms with E-state index in [-0.39, 0.29) is 5.91 Å². The fraction of sp³-hybridized carbons (Fsp3) is 0.360. The Hall–Kier alpha value is -2.93. The Balaban J connectivity index is 1.79. The van der Waals surface area contributed by atoms with Gasteiger partial charge in [-0.15, -0.1) is 0 Å². The number of nitrogens with one attached hydrogen (secondary N) is 1. The maximum absolute atomic E-state index is 13.2. The first-order valence-electron chi connectivity index (χ1n) is 10.8. The number of benzene rings is 2. The molecule has 2 heterocycles. The van der Waals surface area contributed by atoms with Crippen LogP contribution in [-0.2, 0) is 0 Å². The first kappa shape index (κ1) is 22.3. The van der Waals surface area contributed by atoms with E-state index in [9.17, 15) is 4.79 Å². The second-order valence-electron chi connectivity index (χ2n) is 8.09. The molecule has 1 aliphatic rings. The largest absolute Gasteiger partial charge is 0.493 e. The molecule has 0 bridgehead atoms. The van der Waals surface area contributed by atoms with Gasteiger partial charge in [-0.05, 0) is 35.7 Å². The van der Waals surface area contributed by atoms with Crippen molar-refractivity contribution in [2.45, 2.75) is 19.8 Å². The molecule has 168 valence electrons. The number of aromatic nitrogens is 1. The molecule has 1 fully saturated rings. The molecule has 1 amide bonds. The molecule has 0 spiro atoms. The van der Waals surface area contributed by atoms with Crippen LogP contribution in [0.5, 0.6) is 11.5 Å². The number of hydrogen-bond acceptors (Lipinski definition) is 6. The minimum absolute atomic E-state index is 0.0415. The number of rotatable bonds is 6. The van der Waals surface area contributed by atoms with Crippen molar-refractivity contribution >= 4 is 39.9 Å². The van der Waals surface area contributed by atoms with Crippen molar-refractivity contribution in [1.82, 2.24) is 9.88 Å². The minimum Gasteiger partial charge on any atom is -0.493 e. The fourth-order valence-electron chi connectivity index (χ4n) is 3.80. The second-order valence-corrected chi connectivity index (χ2v) is 9.31. The van der Waals surface area contributed by atoms with Gasteiger partial charge in [0.05, 0.1) is 25.4 Å². The van der Waals surface area contributed by atoms with Crippen LogP contribution in [0.3, 0.4) is 0 Å². The lowest BCUT2D eigenvalue weighted by atomic mass is 10.0. The summed E-state index contributed by atoms with van der Waals surface area (Å²) in [5.41, 5.74) is 4.15. The quantitative estimate of drug-likeness (QED) is 0.548. The highest BCUT2D eigenvalue weighted by atomic mass is 32.2. The van der Waals surface area contributed by atoms with Gasteiger partial charge in [0.2, 0.25) is 0 Å². The van der Waals surface area contributed by atoms with Gasteiger partial charge in [0.25, 0.3) is 5.91 Å². The van der Waals surface area contributed by atoms with Gasteiger partial charge in [-0.1, -0.05) is 26.0 Å². The number of ether oxygens (including phenoxy) is 2. The maximum Gasteiger partial charge on any atom is 0.272 e. The molecule has 3 aromatic rings. The van der Waals surface area contributed by atoms with Crippen LogP contribution in [0.1, 0.15) is 35.8 Å². The van der Waals surface area contributed by atoms with Crippen LogP contribution in [0.4, 0.5) is 11.4 Å². The number of thioether (sulfide) groups is 1. The third-order valence-corrected chi connectivity index (χ3v) is 6.63. The number of amides is 1. The van der Waals surface area contributed by atoms with Crippen molar-refractivity contribution < 1.29 is 14.3 Å². The Kier molecular flexibility index (Phi) is 6.74. The first-order valence-corrected chi connectivity index (χ1v) is 12.0. The number of fused-ring (bicyclic) bond motifs is 1. The molecule has 1 N–H and O–H groups in total. The van der Waals surface area contributed by atoms with Gasteiger partial charge in [0, 0.05) is 41.7 Å². The predicted octanol–water partition coefficient (Wildman–Crippen LogP) is 5.31. The fourth-order valence-corrected chi connectivity index (χ4v) is 4.70. The van der Waals surface area contributed by atoms with Gasteiger partial charge < -0.3 is 19.7 Å². The van der Waals surface area contributed by atoms with E-state index < -0.39 is 0 Å². The molecule has 7 heteroatoms. The van der Waals surface area contributed by atoms with Gasteiger partial charge in [-0.2, -0.15) is 11.8 Å². The second kappa shape index (κ2) is 9.69. The zero-order chi connectivity index (χ0) is 22.7. The van der Waals surface area contributed by atoms with Gasteiger partial charge in [0.15, 0.2) is 11.5 Å². The molecule has 0 saturated carbocycles. The molecule has 6 nitrogen and oxygen atoms in total. The third kappa shape index (κ3) is 4.63. The van der Waals surface area contributed by atoms with Gasteiger partial charge in [-0.3, -0.25) is 4.79 Å². The monoisotopic (exact) mass is 451 g/mol. The number of nitrogens with zero attached hydrogens (tertiary/aromatic N) is 2. The molecule has 32 heavy (non-hydrogen) atoms. The van der Waals surface area contributed by atoms with Crippen LogP contribution in [0.2, 0.25) is 0 Å². The van der Waals surface area contributed by atoms with Crippen LogP contribution in [0.15, 0.2) is 42.5 Å². The molecular formula is C25H29N3O3S. The molecule has 0 aliphatic carbocycles. The Morgan fingerprint density at radius 3 is 2.31 bits per heavy atom. The van der Waals surface area contributed by atoms with Crippen molar-refractivity contribution in [1.29, 1.82) is 0 Å². The molecule has 0 radical (unpaired) electrons. The zero-order valence-electron chi connectivity index (χ0n) is 19.0. The smallest absolute Gasteiger partial charge is 0.272 e. The van der Waals surface area contributed by atoms with Crippen molar-refractivity contribution in [2.75, 3.05) is 44.1 Å². The lowest BCUT2D eigenvalue weighted by Gasteiger charge is -2.26. The van der Waals surface area contributed by atoms with Crippen molar-refractivity contribution in [3.63, 3.8) is 0 Å². The van der Waals surface area contributed by atoms with Crippen LogP contribution in [-0.4, -0.2) is 54.6 Å². The molecule has 0 atom stereocenters. The summed E-state index contributed by atoms with van der Waals surface area (Å²) in [6.07, 6.45) is 0. The van der Waals surface area contributed by atoms with E-state index in [1.54, 1.807) is 14.2 Å². The number of hydrogen-bond donors (Lipinski definition) is 1. The third-order valence-electron chi connectivity index (χ3n) is 5.69. The Labute approximate surface area is 193 Å². The summed E-state index contributed by atoms with van der Waals surface area (Å²) in [7, 11) is 3.21. The summed E-state index contributed by atoms with van der Waals surface area (Å²) in [6.45, 7) is 5.84. The van der Waals surface area contributed by atoms with E-state index in [0.717, 1.165) is 41.4 Å². The topological polar surface area (TPSA) is 63.7 Å². The van der Waals surface area contributed by atoms with Crippen LogP contribution in [0, 0.1) is 0 Å². The summed E-state index contributed by atoms with van der Waals surface area (Å²) in [6, 6.07) is 13.9. The van der Waals surface area contributed by atoms with E-state index in [4.69, 9.17) is 14.5 Å². The first-order chi connectivity index (χ1) is 15.5. The highest BCUT2D eigenvalue weighted by Gasteiger charge is 2.22. The van der Waals surface area contributed by atoms with E-state index >= 15 is 0 Å². The molecule has 1 aliphatic heterocycles. The summed E-state index contributed by atoms with van der Waals surface area (Å²) in [4.78, 5) is 19.8. The van der Waals surface area contributed by atoms with Gasteiger partial charge in [-0.25, -0.2) is 4.98 Å². The van der Waals surface area contributed by atoms with E-state index in [1.165, 1.54) is 5.56 Å². The van der Waals surface area contributed by atoms with E-state index in [0.29, 0.717) is 28.6 Å². The highest BCUT2D eigenvalue weighted by molar-refractivity contribution is 7.99. The number of carbonyl (C=O) groups excluding carboxylic acids is 1. The zero-order valence-corrected chi connectivity index (χ0v) is 19.8. The molecular weight excluding hydrogens is 422 g/mol. The van der Waals surface area contributed by atoms with Crippen LogP contribution < -0.4 is 14.8 Å². The number of anilines is 2. The SMILES string of the molecule is COc1cc2nc(C(=O)N3CCSCC3)cc(Nc3ccc(C(C)C)cc3)c2cc1OC. The Morgan fingerprint density at radius 1 is 1.03 bits per heavy atom. The van der Waals surface area contributed by atoms with Crippen molar-refractivity contribution in [3.05, 3.63) is 53.7 Å². The van der Waals surface area contributed by atoms with E-state index in [2.05, 4.69) is 43.4 Å². The number of carbonyl (C=O) groups is 1. The van der Waals surface area contributed by atoms with Gasteiger partial charge >= 0.3 is 0 Å². The minimum atomic E-state index is -0.0415. The lowest BCUT2D eigenvalue weighted by Crippen LogP contribution is -2.38. The molecule has 2 aromatic carbocycles. The van der Waals surface area contributed by atoms with Crippen LogP contribution in [0.25, 0.3) is 10.9 Å². The predicted molar refractivity (Wildman–Crippen MR) is 132 cm³/mol. The van der Waals surface area contributed by atoms with Crippen molar-refractivity contribution in [2.24, 2.45) is 0 Å². The van der Waals surface area contributed by atoms with E-state index in [1.807, 2.05) is 34.9 Å². The number of methoxy groups -OCH3 is 2. The highest BCUT2D eigenvalue weighted by Crippen LogP contribution is 2.36. The van der Waals surface area contributed by atoms with Crippen LogP contribution >= 0.6 is 11.8 Å². The molecule has 4 rings (SSSR count). The van der Waals surface area contributed by atoms with Crippen molar-refractivity contribution in [3.8, 4) is 11.5 Å². The normalized spacial score (nSPS) is 14.0. The molecule has 0 unspecified atom stereocenters. The standard InChI is InChI=1S/C25H29N3O3S/c1-16(2)17-5-7-18(8-6-17)26-20-14-22(25(29)28-9-11-32-12-10-28)27-21-15-24(31-4)23(30-3)13-19(20)21/h5-8,13-16H,9-12H2,1-4H3,(H,26,27). The average Bonchev–Trinajstić information content (AvgIpc) is 2.83. The lowest BCUT2D eigenvalue weighted by molar-refractivity contribution is 0.0767. The van der Waals surface area contributed by atoms with Gasteiger partial charge in [0.1, 0.15) is 5.69 Å². The molecule has 1 aromatic heterocycles. The average molecular weight is 452 g/mol. The maximum atomic E-state index is 13.2.